The number of aryl methyl sites for hydroxylation is 1. The maximum Gasteiger partial charge on any atom is 0.115 e. The van der Waals surface area contributed by atoms with E-state index in [4.69, 9.17) is 5.11 Å². The minimum atomic E-state index is 0.321. The summed E-state index contributed by atoms with van der Waals surface area (Å²) >= 11 is 1.69. The molecule has 0 amide bonds. The number of rotatable bonds is 5. The second-order valence-corrected chi connectivity index (χ2v) is 4.89. The number of phenols is 1. The molecule has 0 unspecified atom stereocenters. The van der Waals surface area contributed by atoms with Crippen molar-refractivity contribution in [3.8, 4) is 5.75 Å². The van der Waals surface area contributed by atoms with Crippen LogP contribution < -0.4 is 5.32 Å². The summed E-state index contributed by atoms with van der Waals surface area (Å²) in [5.74, 6) is 0.321. The van der Waals surface area contributed by atoms with Gasteiger partial charge in [-0.2, -0.15) is 0 Å². The van der Waals surface area contributed by atoms with Gasteiger partial charge in [-0.05, 0) is 37.6 Å². The standard InChI is InChI=1S/C13H16N2OS/c1-10-13(17-9-15-10)8-14-7-6-11-2-4-12(16)5-3-11/h2-5,9,14,16H,6-8H2,1H3. The third kappa shape index (κ3) is 3.54. The van der Waals surface area contributed by atoms with Crippen LogP contribution in [0.1, 0.15) is 16.1 Å². The lowest BCUT2D eigenvalue weighted by Crippen LogP contribution is -2.16. The van der Waals surface area contributed by atoms with Gasteiger partial charge >= 0.3 is 0 Å². The molecule has 2 rings (SSSR count). The van der Waals surface area contributed by atoms with Gasteiger partial charge in [0, 0.05) is 11.4 Å². The summed E-state index contributed by atoms with van der Waals surface area (Å²) in [6, 6.07) is 7.36. The molecule has 2 aromatic rings. The summed E-state index contributed by atoms with van der Waals surface area (Å²) in [6.45, 7) is 3.85. The molecule has 2 N–H and O–H groups in total. The molecule has 1 heterocycles. The van der Waals surface area contributed by atoms with Gasteiger partial charge in [0.2, 0.25) is 0 Å². The fourth-order valence-corrected chi connectivity index (χ4v) is 2.34. The molecule has 0 aliphatic rings. The molecule has 0 saturated heterocycles. The molecule has 1 aromatic carbocycles. The van der Waals surface area contributed by atoms with E-state index in [2.05, 4.69) is 10.3 Å². The van der Waals surface area contributed by atoms with Crippen LogP contribution in [0, 0.1) is 6.92 Å². The van der Waals surface area contributed by atoms with E-state index >= 15 is 0 Å². The molecule has 0 atom stereocenters. The van der Waals surface area contributed by atoms with Crippen molar-refractivity contribution in [1.82, 2.24) is 10.3 Å². The number of nitrogens with one attached hydrogen (secondary N) is 1. The highest BCUT2D eigenvalue weighted by Crippen LogP contribution is 2.12. The Bertz CT molecular complexity index is 465. The zero-order valence-electron chi connectivity index (χ0n) is 9.81. The van der Waals surface area contributed by atoms with Gasteiger partial charge in [-0.3, -0.25) is 0 Å². The van der Waals surface area contributed by atoms with Crippen molar-refractivity contribution in [1.29, 1.82) is 0 Å². The number of thiazole rings is 1. The number of nitrogens with zero attached hydrogens (tertiary/aromatic N) is 1. The van der Waals surface area contributed by atoms with Crippen LogP contribution in [-0.2, 0) is 13.0 Å². The maximum atomic E-state index is 9.16. The van der Waals surface area contributed by atoms with Crippen molar-refractivity contribution in [2.45, 2.75) is 19.9 Å². The highest BCUT2D eigenvalue weighted by molar-refractivity contribution is 7.09. The topological polar surface area (TPSA) is 45.2 Å². The van der Waals surface area contributed by atoms with Crippen LogP contribution >= 0.6 is 11.3 Å². The third-order valence-corrected chi connectivity index (χ3v) is 3.59. The highest BCUT2D eigenvalue weighted by atomic mass is 32.1. The molecule has 0 aliphatic heterocycles. The van der Waals surface area contributed by atoms with Crippen molar-refractivity contribution < 1.29 is 5.11 Å². The number of hydrogen-bond donors (Lipinski definition) is 2. The Morgan fingerprint density at radius 3 is 2.71 bits per heavy atom. The maximum absolute atomic E-state index is 9.16. The number of aromatic hydroxyl groups is 1. The predicted molar refractivity (Wildman–Crippen MR) is 70.4 cm³/mol. The van der Waals surface area contributed by atoms with Gasteiger partial charge in [0.1, 0.15) is 5.75 Å². The van der Waals surface area contributed by atoms with Crippen LogP contribution in [0.3, 0.4) is 0 Å². The lowest BCUT2D eigenvalue weighted by atomic mass is 10.1. The summed E-state index contributed by atoms with van der Waals surface area (Å²) < 4.78 is 0. The largest absolute Gasteiger partial charge is 0.508 e. The van der Waals surface area contributed by atoms with Crippen molar-refractivity contribution in [3.63, 3.8) is 0 Å². The first-order valence-corrected chi connectivity index (χ1v) is 6.51. The summed E-state index contributed by atoms with van der Waals surface area (Å²) in [6.07, 6.45) is 0.970. The van der Waals surface area contributed by atoms with Gasteiger partial charge in [0.15, 0.2) is 0 Å². The molecule has 1 aromatic heterocycles. The molecule has 0 aliphatic carbocycles. The zero-order chi connectivity index (χ0) is 12.1. The molecular formula is C13H16N2OS. The molecule has 0 fully saturated rings. The van der Waals surface area contributed by atoms with Crippen LogP contribution in [0.4, 0.5) is 0 Å². The Balaban J connectivity index is 1.73. The Hall–Kier alpha value is -1.39. The van der Waals surface area contributed by atoms with Gasteiger partial charge in [-0.25, -0.2) is 4.98 Å². The van der Waals surface area contributed by atoms with Crippen molar-refractivity contribution in [2.24, 2.45) is 0 Å². The number of phenolic OH excluding ortho intramolecular Hbond substituents is 1. The summed E-state index contributed by atoms with van der Waals surface area (Å²) in [5, 5.41) is 12.6. The first kappa shape index (κ1) is 12.1. The fourth-order valence-electron chi connectivity index (χ4n) is 1.59. The lowest BCUT2D eigenvalue weighted by molar-refractivity contribution is 0.475. The molecule has 0 spiro atoms. The summed E-state index contributed by atoms with van der Waals surface area (Å²) in [7, 11) is 0. The fraction of sp³-hybridized carbons (Fsp3) is 0.308. The molecule has 0 bridgehead atoms. The number of hydrogen-bond acceptors (Lipinski definition) is 4. The molecule has 3 nitrogen and oxygen atoms in total. The summed E-state index contributed by atoms with van der Waals surface area (Å²) in [5.41, 5.74) is 4.23. The van der Waals surface area contributed by atoms with Crippen LogP contribution in [0.25, 0.3) is 0 Å². The van der Waals surface area contributed by atoms with Gasteiger partial charge in [-0.1, -0.05) is 12.1 Å². The van der Waals surface area contributed by atoms with E-state index in [1.54, 1.807) is 23.5 Å². The first-order chi connectivity index (χ1) is 8.25. The van der Waals surface area contributed by atoms with Crippen molar-refractivity contribution in [2.75, 3.05) is 6.54 Å². The monoisotopic (exact) mass is 248 g/mol. The number of aromatic nitrogens is 1. The van der Waals surface area contributed by atoms with Gasteiger partial charge in [0.25, 0.3) is 0 Å². The van der Waals surface area contributed by atoms with Crippen LogP contribution in [0.2, 0.25) is 0 Å². The molecule has 90 valence electrons. The van der Waals surface area contributed by atoms with Crippen LogP contribution in [-0.4, -0.2) is 16.6 Å². The Labute approximate surface area is 105 Å². The molecule has 17 heavy (non-hydrogen) atoms. The Morgan fingerprint density at radius 1 is 1.29 bits per heavy atom. The van der Waals surface area contributed by atoms with Crippen molar-refractivity contribution in [3.05, 3.63) is 45.9 Å². The first-order valence-electron chi connectivity index (χ1n) is 5.63. The number of benzene rings is 1. The smallest absolute Gasteiger partial charge is 0.115 e. The average molecular weight is 248 g/mol. The highest BCUT2D eigenvalue weighted by Gasteiger charge is 2.00. The van der Waals surface area contributed by atoms with E-state index in [-0.39, 0.29) is 0 Å². The third-order valence-electron chi connectivity index (χ3n) is 2.66. The van der Waals surface area contributed by atoms with Gasteiger partial charge in [-0.15, -0.1) is 11.3 Å². The predicted octanol–water partition coefficient (Wildman–Crippen LogP) is 2.49. The van der Waals surface area contributed by atoms with Crippen LogP contribution in [0.5, 0.6) is 5.75 Å². The lowest BCUT2D eigenvalue weighted by Gasteiger charge is -2.04. The van der Waals surface area contributed by atoms with Gasteiger partial charge in [0.05, 0.1) is 11.2 Å². The van der Waals surface area contributed by atoms with E-state index < -0.39 is 0 Å². The molecule has 0 radical (unpaired) electrons. The van der Waals surface area contributed by atoms with E-state index in [0.717, 1.165) is 25.2 Å². The Kier molecular flexibility index (Phi) is 4.12. The Morgan fingerprint density at radius 2 is 2.06 bits per heavy atom. The minimum Gasteiger partial charge on any atom is -0.508 e. The quantitative estimate of drug-likeness (QED) is 0.799. The molecule has 4 heteroatoms. The van der Waals surface area contributed by atoms with E-state index in [1.807, 2.05) is 24.6 Å². The van der Waals surface area contributed by atoms with Crippen molar-refractivity contribution >= 4 is 11.3 Å². The normalized spacial score (nSPS) is 10.6. The average Bonchev–Trinajstić information content (AvgIpc) is 2.73. The van der Waals surface area contributed by atoms with Gasteiger partial charge < -0.3 is 10.4 Å². The second kappa shape index (κ2) is 5.80. The zero-order valence-corrected chi connectivity index (χ0v) is 10.6. The molecular weight excluding hydrogens is 232 g/mol. The van der Waals surface area contributed by atoms with E-state index in [0.29, 0.717) is 5.75 Å². The van der Waals surface area contributed by atoms with Crippen LogP contribution in [0.15, 0.2) is 29.8 Å². The molecule has 0 saturated carbocycles. The second-order valence-electron chi connectivity index (χ2n) is 3.95. The SMILES string of the molecule is Cc1ncsc1CNCCc1ccc(O)cc1. The summed E-state index contributed by atoms with van der Waals surface area (Å²) in [4.78, 5) is 5.52. The minimum absolute atomic E-state index is 0.321. The van der Waals surface area contributed by atoms with E-state index in [1.165, 1.54) is 10.4 Å². The van der Waals surface area contributed by atoms with E-state index in [9.17, 15) is 0 Å².